The van der Waals surface area contributed by atoms with Crippen LogP contribution in [0.15, 0.2) is 62.4 Å². The summed E-state index contributed by atoms with van der Waals surface area (Å²) in [6.07, 6.45) is 5.89. The summed E-state index contributed by atoms with van der Waals surface area (Å²) in [5.74, 6) is 1.68. The van der Waals surface area contributed by atoms with Gasteiger partial charge < -0.3 is 8.83 Å². The molecule has 0 unspecified atom stereocenters. The monoisotopic (exact) mass is 506 g/mol. The molecule has 0 N–H and O–H groups in total. The molecule has 0 aliphatic rings. The topological polar surface area (TPSA) is 73.9 Å². The second-order valence-electron chi connectivity index (χ2n) is 8.75. The number of thiophene rings is 2. The largest absolute Gasteiger partial charge is 0.455 e. The van der Waals surface area contributed by atoms with Crippen LogP contribution in [-0.2, 0) is 0 Å². The van der Waals surface area contributed by atoms with Crippen molar-refractivity contribution in [2.24, 2.45) is 0 Å². The quantitative estimate of drug-likeness (QED) is 0.222. The van der Waals surface area contributed by atoms with Gasteiger partial charge in [-0.05, 0) is 80.8 Å². The molecular weight excluding hydrogens is 484 g/mol. The van der Waals surface area contributed by atoms with Gasteiger partial charge in [0.2, 0.25) is 0 Å². The standard InChI is InChI=1S/C30H22N2O2S2/c1-17(15-31)7-23-11-27-29(35-23)13-25(33-27)20(4)10-21-5-6-22(9-19(21)3)26-14-30-28(34-26)12-24(36-30)8-18(2)16-32/h5-14H,1-4H3/b17-7-,18-8-,20-10+. The maximum absolute atomic E-state index is 8.99. The summed E-state index contributed by atoms with van der Waals surface area (Å²) in [4.78, 5) is 2.04. The molecule has 4 heterocycles. The second-order valence-corrected chi connectivity index (χ2v) is 11.0. The van der Waals surface area contributed by atoms with E-state index in [0.29, 0.717) is 11.1 Å². The molecule has 0 saturated carbocycles. The summed E-state index contributed by atoms with van der Waals surface area (Å²) in [5, 5.41) is 18.0. The van der Waals surface area contributed by atoms with Crippen LogP contribution < -0.4 is 0 Å². The summed E-state index contributed by atoms with van der Waals surface area (Å²) in [6, 6.07) is 18.7. The fourth-order valence-electron chi connectivity index (χ4n) is 3.97. The third-order valence-corrected chi connectivity index (χ3v) is 7.86. The molecule has 0 aliphatic carbocycles. The molecule has 0 saturated heterocycles. The first kappa shape index (κ1) is 23.6. The van der Waals surface area contributed by atoms with Crippen LogP contribution in [0.3, 0.4) is 0 Å². The normalized spacial score (nSPS) is 12.9. The van der Waals surface area contributed by atoms with Crippen LogP contribution in [0.2, 0.25) is 0 Å². The van der Waals surface area contributed by atoms with E-state index in [4.69, 9.17) is 19.4 Å². The Morgan fingerprint density at radius 3 is 1.94 bits per heavy atom. The van der Waals surface area contributed by atoms with Crippen LogP contribution >= 0.6 is 22.7 Å². The molecule has 0 bridgehead atoms. The van der Waals surface area contributed by atoms with Crippen LogP contribution in [0.1, 0.15) is 47.4 Å². The van der Waals surface area contributed by atoms with Gasteiger partial charge in [-0.1, -0.05) is 12.1 Å². The Labute approximate surface area is 217 Å². The van der Waals surface area contributed by atoms with Gasteiger partial charge in [0.25, 0.3) is 0 Å². The molecular formula is C30H22N2O2S2. The Balaban J connectivity index is 1.38. The van der Waals surface area contributed by atoms with Crippen molar-refractivity contribution in [3.63, 3.8) is 0 Å². The van der Waals surface area contributed by atoms with Gasteiger partial charge in [-0.2, -0.15) is 10.5 Å². The van der Waals surface area contributed by atoms with Gasteiger partial charge in [-0.25, -0.2) is 0 Å². The first-order chi connectivity index (χ1) is 17.3. The van der Waals surface area contributed by atoms with E-state index in [1.165, 1.54) is 0 Å². The lowest BCUT2D eigenvalue weighted by Crippen LogP contribution is -1.84. The minimum atomic E-state index is 0.677. The van der Waals surface area contributed by atoms with E-state index in [0.717, 1.165) is 64.1 Å². The van der Waals surface area contributed by atoms with Crippen LogP contribution in [0.5, 0.6) is 0 Å². The third kappa shape index (κ3) is 4.70. The molecule has 6 heteroatoms. The Morgan fingerprint density at radius 2 is 1.39 bits per heavy atom. The molecule has 4 aromatic heterocycles. The lowest BCUT2D eigenvalue weighted by atomic mass is 10.0. The third-order valence-electron chi connectivity index (χ3n) is 5.84. The van der Waals surface area contributed by atoms with Gasteiger partial charge in [0.15, 0.2) is 0 Å². The molecule has 4 nitrogen and oxygen atoms in total. The summed E-state index contributed by atoms with van der Waals surface area (Å²) >= 11 is 3.24. The summed E-state index contributed by atoms with van der Waals surface area (Å²) in [6.45, 7) is 7.75. The van der Waals surface area contributed by atoms with Gasteiger partial charge in [0, 0.05) is 38.6 Å². The number of aryl methyl sites for hydroxylation is 1. The van der Waals surface area contributed by atoms with E-state index >= 15 is 0 Å². The van der Waals surface area contributed by atoms with Crippen LogP contribution in [-0.4, -0.2) is 0 Å². The van der Waals surface area contributed by atoms with Crippen LogP contribution in [0.25, 0.3) is 55.7 Å². The highest BCUT2D eigenvalue weighted by molar-refractivity contribution is 7.20. The number of furan rings is 2. The van der Waals surface area contributed by atoms with Crippen molar-refractivity contribution in [2.45, 2.75) is 27.7 Å². The molecule has 0 atom stereocenters. The Hall–Kier alpha value is -4.10. The van der Waals surface area contributed by atoms with Crippen molar-refractivity contribution < 1.29 is 8.83 Å². The van der Waals surface area contributed by atoms with Gasteiger partial charge in [-0.3, -0.25) is 0 Å². The number of allylic oxidation sites excluding steroid dienone is 3. The summed E-state index contributed by atoms with van der Waals surface area (Å²) < 4.78 is 14.3. The maximum atomic E-state index is 8.99. The van der Waals surface area contributed by atoms with E-state index < -0.39 is 0 Å². The van der Waals surface area contributed by atoms with Crippen LogP contribution in [0.4, 0.5) is 0 Å². The molecule has 0 fully saturated rings. The maximum Gasteiger partial charge on any atom is 0.146 e. The number of rotatable bonds is 5. The fourth-order valence-corrected chi connectivity index (χ4v) is 6.02. The van der Waals surface area contributed by atoms with Gasteiger partial charge in [-0.15, -0.1) is 22.7 Å². The molecule has 5 rings (SSSR count). The Bertz CT molecular complexity index is 1740. The van der Waals surface area contributed by atoms with E-state index in [1.807, 2.05) is 24.3 Å². The predicted octanol–water partition coefficient (Wildman–Crippen LogP) is 9.69. The van der Waals surface area contributed by atoms with Crippen LogP contribution in [0, 0.1) is 29.6 Å². The number of hydrogen-bond acceptors (Lipinski definition) is 6. The Morgan fingerprint density at radius 1 is 0.778 bits per heavy atom. The molecule has 1 aromatic carbocycles. The average Bonchev–Trinajstić information content (AvgIpc) is 3.59. The number of fused-ring (bicyclic) bond motifs is 2. The van der Waals surface area contributed by atoms with E-state index in [-0.39, 0.29) is 0 Å². The van der Waals surface area contributed by atoms with Crippen molar-refractivity contribution in [1.82, 2.24) is 0 Å². The van der Waals surface area contributed by atoms with Crippen molar-refractivity contribution in [2.75, 3.05) is 0 Å². The zero-order chi connectivity index (χ0) is 25.4. The number of benzene rings is 1. The Kier molecular flexibility index (Phi) is 6.24. The molecule has 5 aromatic rings. The summed E-state index contributed by atoms with van der Waals surface area (Å²) in [7, 11) is 0. The van der Waals surface area contributed by atoms with Crippen molar-refractivity contribution in [3.8, 4) is 23.5 Å². The van der Waals surface area contributed by atoms with Gasteiger partial charge >= 0.3 is 0 Å². The summed E-state index contributed by atoms with van der Waals surface area (Å²) in [5.41, 5.74) is 7.38. The molecule has 36 heavy (non-hydrogen) atoms. The predicted molar refractivity (Wildman–Crippen MR) is 150 cm³/mol. The van der Waals surface area contributed by atoms with E-state index in [9.17, 15) is 0 Å². The number of hydrogen-bond donors (Lipinski definition) is 0. The highest BCUT2D eigenvalue weighted by Crippen LogP contribution is 2.36. The van der Waals surface area contributed by atoms with Gasteiger partial charge in [0.05, 0.1) is 21.5 Å². The SMILES string of the molecule is C/C(C#N)=C/c1cc2oc(/C(C)=C/c3ccc(-c4cc5sc(/C=C(/C)C#N)cc5o4)cc3C)cc2s1. The highest BCUT2D eigenvalue weighted by atomic mass is 32.1. The fraction of sp³-hybridized carbons (Fsp3) is 0.133. The molecule has 0 spiro atoms. The zero-order valence-corrected chi connectivity index (χ0v) is 21.9. The molecule has 0 amide bonds. The first-order valence-electron chi connectivity index (χ1n) is 11.4. The van der Waals surface area contributed by atoms with E-state index in [1.54, 1.807) is 36.5 Å². The molecule has 0 aliphatic heterocycles. The lowest BCUT2D eigenvalue weighted by Gasteiger charge is -2.05. The lowest BCUT2D eigenvalue weighted by molar-refractivity contribution is 0.600. The van der Waals surface area contributed by atoms with Crippen molar-refractivity contribution in [3.05, 3.63) is 80.3 Å². The molecule has 176 valence electrons. The minimum Gasteiger partial charge on any atom is -0.455 e. The number of nitrogens with zero attached hydrogens (tertiary/aromatic N) is 2. The smallest absolute Gasteiger partial charge is 0.146 e. The zero-order valence-electron chi connectivity index (χ0n) is 20.3. The average molecular weight is 507 g/mol. The minimum absolute atomic E-state index is 0.677. The highest BCUT2D eigenvalue weighted by Gasteiger charge is 2.12. The van der Waals surface area contributed by atoms with Gasteiger partial charge in [0.1, 0.15) is 22.7 Å². The second kappa shape index (κ2) is 9.51. The van der Waals surface area contributed by atoms with Crippen molar-refractivity contribution in [1.29, 1.82) is 10.5 Å². The number of nitriles is 2. The molecule has 0 radical (unpaired) electrons. The first-order valence-corrected chi connectivity index (χ1v) is 13.0. The van der Waals surface area contributed by atoms with Crippen molar-refractivity contribution >= 4 is 67.0 Å². The van der Waals surface area contributed by atoms with E-state index in [2.05, 4.69) is 62.4 Å².